The number of nitrogens with two attached hydrogens (primary N) is 1. The van der Waals surface area contributed by atoms with Gasteiger partial charge in [0.05, 0.1) is 12.2 Å². The second-order valence-electron chi connectivity index (χ2n) is 7.37. The summed E-state index contributed by atoms with van der Waals surface area (Å²) >= 11 is 0. The predicted molar refractivity (Wildman–Crippen MR) is 103 cm³/mol. The topological polar surface area (TPSA) is 114 Å². The molecule has 0 unspecified atom stereocenters. The van der Waals surface area contributed by atoms with Gasteiger partial charge in [-0.3, -0.25) is 14.6 Å². The number of aromatic nitrogens is 3. The van der Waals surface area contributed by atoms with Crippen molar-refractivity contribution in [2.75, 3.05) is 12.3 Å². The molecule has 0 bridgehead atoms. The third-order valence-electron chi connectivity index (χ3n) is 5.29. The first kappa shape index (κ1) is 18.3. The number of pyridine rings is 1. The van der Waals surface area contributed by atoms with Crippen molar-refractivity contribution in [3.05, 3.63) is 47.0 Å². The van der Waals surface area contributed by atoms with Crippen LogP contribution < -0.4 is 11.1 Å². The fourth-order valence-electron chi connectivity index (χ4n) is 3.93. The van der Waals surface area contributed by atoms with Gasteiger partial charge < -0.3 is 16.0 Å². The van der Waals surface area contributed by atoms with Gasteiger partial charge in [0.15, 0.2) is 0 Å². The summed E-state index contributed by atoms with van der Waals surface area (Å²) in [6.45, 7) is 0.768. The number of carbonyl (C=O) groups excluding carboxylic acids is 2. The summed E-state index contributed by atoms with van der Waals surface area (Å²) in [5, 5.41) is 2.94. The second kappa shape index (κ2) is 7.92. The Morgan fingerprint density at radius 3 is 2.82 bits per heavy atom. The van der Waals surface area contributed by atoms with Crippen molar-refractivity contribution in [1.82, 2.24) is 25.2 Å². The van der Waals surface area contributed by atoms with E-state index in [9.17, 15) is 9.59 Å². The molecule has 0 saturated carbocycles. The first-order valence-corrected chi connectivity index (χ1v) is 9.74. The molecular weight excluding hydrogens is 356 g/mol. The van der Waals surface area contributed by atoms with Crippen LogP contribution in [0.1, 0.15) is 53.1 Å². The third kappa shape index (κ3) is 3.95. The summed E-state index contributed by atoms with van der Waals surface area (Å²) in [7, 11) is 0. The van der Waals surface area contributed by atoms with Gasteiger partial charge in [-0.2, -0.15) is 0 Å². The van der Waals surface area contributed by atoms with E-state index in [0.29, 0.717) is 25.2 Å². The molecule has 1 aliphatic carbocycles. The predicted octanol–water partition coefficient (Wildman–Crippen LogP) is 1.25. The molecule has 8 nitrogen and oxygen atoms in total. The number of nitrogens with zero attached hydrogens (tertiary/aromatic N) is 4. The Labute approximate surface area is 163 Å². The molecule has 2 amide bonds. The van der Waals surface area contributed by atoms with Gasteiger partial charge in [0.25, 0.3) is 5.91 Å². The van der Waals surface area contributed by atoms with Crippen LogP contribution in [0.4, 0.5) is 5.95 Å². The van der Waals surface area contributed by atoms with Crippen molar-refractivity contribution in [1.29, 1.82) is 0 Å². The molecule has 3 heterocycles. The molecule has 1 aliphatic heterocycles. The normalized spacial score (nSPS) is 18.4. The lowest BCUT2D eigenvalue weighted by Gasteiger charge is -2.27. The lowest BCUT2D eigenvalue weighted by Crippen LogP contribution is -2.42. The Hall–Kier alpha value is -3.03. The van der Waals surface area contributed by atoms with Crippen LogP contribution in [-0.2, 0) is 24.2 Å². The zero-order chi connectivity index (χ0) is 19.5. The zero-order valence-electron chi connectivity index (χ0n) is 15.7. The highest BCUT2D eigenvalue weighted by Gasteiger charge is 2.29. The van der Waals surface area contributed by atoms with Crippen molar-refractivity contribution in [3.8, 4) is 0 Å². The van der Waals surface area contributed by atoms with E-state index in [1.165, 1.54) is 0 Å². The monoisotopic (exact) mass is 380 g/mol. The van der Waals surface area contributed by atoms with E-state index in [1.54, 1.807) is 11.1 Å². The summed E-state index contributed by atoms with van der Waals surface area (Å²) in [4.78, 5) is 39.8. The van der Waals surface area contributed by atoms with Gasteiger partial charge >= 0.3 is 0 Å². The van der Waals surface area contributed by atoms with Gasteiger partial charge in [0.1, 0.15) is 5.69 Å². The number of hydrogen-bond acceptors (Lipinski definition) is 6. The summed E-state index contributed by atoms with van der Waals surface area (Å²) in [6, 6.07) is 5.56. The van der Waals surface area contributed by atoms with E-state index < -0.39 is 0 Å². The molecule has 0 aromatic carbocycles. The number of aryl methyl sites for hydroxylation is 1. The van der Waals surface area contributed by atoms with Gasteiger partial charge in [0.2, 0.25) is 11.9 Å². The number of anilines is 1. The molecule has 1 saturated heterocycles. The van der Waals surface area contributed by atoms with Crippen LogP contribution in [0.2, 0.25) is 0 Å². The summed E-state index contributed by atoms with van der Waals surface area (Å²) in [5.74, 6) is -0.0195. The van der Waals surface area contributed by atoms with Crippen molar-refractivity contribution < 1.29 is 9.59 Å². The molecule has 146 valence electrons. The summed E-state index contributed by atoms with van der Waals surface area (Å²) in [6.07, 6.45) is 6.58. The average Bonchev–Trinajstić information content (AvgIpc) is 3.12. The smallest absolute Gasteiger partial charge is 0.273 e. The molecule has 2 aromatic rings. The molecule has 2 aromatic heterocycles. The highest BCUT2D eigenvalue weighted by molar-refractivity contribution is 5.94. The molecule has 2 aliphatic rings. The van der Waals surface area contributed by atoms with Gasteiger partial charge in [-0.1, -0.05) is 6.07 Å². The number of nitrogen functional groups attached to an aromatic ring is 1. The largest absolute Gasteiger partial charge is 0.368 e. The van der Waals surface area contributed by atoms with Crippen LogP contribution in [0, 0.1) is 0 Å². The van der Waals surface area contributed by atoms with Crippen LogP contribution in [0.3, 0.4) is 0 Å². The maximum Gasteiger partial charge on any atom is 0.273 e. The van der Waals surface area contributed by atoms with Gasteiger partial charge in [-0.15, -0.1) is 0 Å². The van der Waals surface area contributed by atoms with Crippen molar-refractivity contribution in [2.45, 2.75) is 51.1 Å². The zero-order valence-corrected chi connectivity index (χ0v) is 15.7. The Balaban J connectivity index is 1.64. The van der Waals surface area contributed by atoms with Crippen molar-refractivity contribution in [3.63, 3.8) is 0 Å². The van der Waals surface area contributed by atoms with Crippen LogP contribution >= 0.6 is 0 Å². The minimum Gasteiger partial charge on any atom is -0.368 e. The Bertz CT molecular complexity index is 886. The number of carbonyl (C=O) groups is 2. The third-order valence-corrected chi connectivity index (χ3v) is 5.29. The average molecular weight is 380 g/mol. The Morgan fingerprint density at radius 2 is 2.07 bits per heavy atom. The minimum absolute atomic E-state index is 0.0268. The molecule has 3 N–H and O–H groups in total. The second-order valence-corrected chi connectivity index (χ2v) is 7.37. The molecular formula is C20H24N6O2. The highest BCUT2D eigenvalue weighted by Crippen LogP contribution is 2.24. The molecule has 0 spiro atoms. The van der Waals surface area contributed by atoms with E-state index in [-0.39, 0.29) is 23.8 Å². The van der Waals surface area contributed by atoms with Crippen LogP contribution in [0.5, 0.6) is 0 Å². The van der Waals surface area contributed by atoms with Crippen LogP contribution in [-0.4, -0.2) is 44.3 Å². The van der Waals surface area contributed by atoms with Crippen LogP contribution in [0.25, 0.3) is 0 Å². The first-order valence-electron chi connectivity index (χ1n) is 9.74. The fourth-order valence-corrected chi connectivity index (χ4v) is 3.93. The highest BCUT2D eigenvalue weighted by atomic mass is 16.2. The lowest BCUT2D eigenvalue weighted by atomic mass is 9.94. The quantitative estimate of drug-likeness (QED) is 0.807. The molecule has 1 atom stereocenters. The minimum atomic E-state index is -0.181. The number of rotatable bonds is 5. The SMILES string of the molecule is Nc1nc2c(c(C(=O)N(Cc3ccccn3)C[C@@H]3CCC(=O)N3)n1)CCCC2. The Kier molecular flexibility index (Phi) is 5.18. The van der Waals surface area contributed by atoms with E-state index >= 15 is 0 Å². The number of hydrogen-bond donors (Lipinski definition) is 2. The standard InChI is InChI=1S/C20H24N6O2/c21-20-24-16-7-2-1-6-15(16)18(25-20)19(28)26(11-13-5-3-4-10-22-13)12-14-8-9-17(27)23-14/h3-5,10,14H,1-2,6-9,11-12H2,(H,23,27)(H2,21,24,25)/t14-/m0/s1. The molecule has 0 radical (unpaired) electrons. The number of fused-ring (bicyclic) bond motifs is 1. The van der Waals surface area contributed by atoms with E-state index in [1.807, 2.05) is 18.2 Å². The molecule has 8 heteroatoms. The van der Waals surface area contributed by atoms with Crippen molar-refractivity contribution in [2.24, 2.45) is 0 Å². The number of amides is 2. The molecule has 1 fully saturated rings. The first-order chi connectivity index (χ1) is 13.6. The summed E-state index contributed by atoms with van der Waals surface area (Å²) in [5.41, 5.74) is 8.86. The van der Waals surface area contributed by atoms with Gasteiger partial charge in [0, 0.05) is 36.5 Å². The molecule has 4 rings (SSSR count). The van der Waals surface area contributed by atoms with E-state index in [0.717, 1.165) is 49.1 Å². The maximum atomic E-state index is 13.5. The number of nitrogens with one attached hydrogen (secondary N) is 1. The summed E-state index contributed by atoms with van der Waals surface area (Å²) < 4.78 is 0. The van der Waals surface area contributed by atoms with E-state index in [2.05, 4.69) is 20.3 Å². The molecule has 28 heavy (non-hydrogen) atoms. The van der Waals surface area contributed by atoms with Gasteiger partial charge in [-0.25, -0.2) is 9.97 Å². The van der Waals surface area contributed by atoms with E-state index in [4.69, 9.17) is 5.73 Å². The lowest BCUT2D eigenvalue weighted by molar-refractivity contribution is -0.119. The van der Waals surface area contributed by atoms with Gasteiger partial charge in [-0.05, 0) is 44.2 Å². The van der Waals surface area contributed by atoms with Crippen LogP contribution in [0.15, 0.2) is 24.4 Å². The fraction of sp³-hybridized carbons (Fsp3) is 0.450. The Morgan fingerprint density at radius 1 is 1.21 bits per heavy atom. The van der Waals surface area contributed by atoms with Crippen molar-refractivity contribution >= 4 is 17.8 Å². The maximum absolute atomic E-state index is 13.5.